The fourth-order valence-electron chi connectivity index (χ4n) is 7.71. The minimum atomic E-state index is -0.508. The normalized spacial score (nSPS) is 18.7. The first kappa shape index (κ1) is 35.0. The van der Waals surface area contributed by atoms with E-state index in [9.17, 15) is 9.59 Å². The second-order valence-electron chi connectivity index (χ2n) is 15.1. The van der Waals surface area contributed by atoms with Crippen LogP contribution in [0.4, 0.5) is 0 Å². The first-order valence-electron chi connectivity index (χ1n) is 17.1. The van der Waals surface area contributed by atoms with Crippen LogP contribution in [0.3, 0.4) is 0 Å². The number of hydrogen-bond donors (Lipinski definition) is 0. The Bertz CT molecular complexity index is 1820. The van der Waals surface area contributed by atoms with Gasteiger partial charge in [0.2, 0.25) is 0 Å². The van der Waals surface area contributed by atoms with Gasteiger partial charge in [0.25, 0.3) is 0 Å². The lowest BCUT2D eigenvalue weighted by molar-refractivity contribution is -0.119. The van der Waals surface area contributed by atoms with Crippen LogP contribution in [0.15, 0.2) is 95.9 Å². The largest absolute Gasteiger partial charge is 0.490 e. The zero-order valence-electron chi connectivity index (χ0n) is 29.1. The Balaban J connectivity index is 1.54. The van der Waals surface area contributed by atoms with Crippen molar-refractivity contribution in [2.75, 3.05) is 6.61 Å². The number of halogens is 2. The van der Waals surface area contributed by atoms with Crippen LogP contribution in [0.1, 0.15) is 88.5 Å². The molecule has 0 spiro atoms. The number of ketones is 2. The molecule has 3 aromatic carbocycles. The summed E-state index contributed by atoms with van der Waals surface area (Å²) in [7, 11) is 0. The molecule has 7 heteroatoms. The third kappa shape index (κ3) is 7.25. The second-order valence-corrected chi connectivity index (χ2v) is 15.9. The number of benzene rings is 3. The van der Waals surface area contributed by atoms with Gasteiger partial charge in [0, 0.05) is 69.0 Å². The number of allylic oxidation sites excluding steroid dienone is 5. The molecule has 1 aliphatic heterocycles. The van der Waals surface area contributed by atoms with E-state index in [0.29, 0.717) is 54.0 Å². The van der Waals surface area contributed by atoms with E-state index in [0.717, 1.165) is 57.6 Å². The van der Waals surface area contributed by atoms with Crippen molar-refractivity contribution in [3.05, 3.63) is 128 Å². The van der Waals surface area contributed by atoms with Gasteiger partial charge in [-0.3, -0.25) is 9.59 Å². The van der Waals surface area contributed by atoms with Crippen molar-refractivity contribution in [3.63, 3.8) is 0 Å². The molecule has 0 amide bonds. The zero-order valence-corrected chi connectivity index (χ0v) is 30.6. The van der Waals surface area contributed by atoms with Gasteiger partial charge in [-0.05, 0) is 66.3 Å². The quantitative estimate of drug-likeness (QED) is 0.197. The van der Waals surface area contributed by atoms with Crippen LogP contribution < -0.4 is 9.47 Å². The summed E-state index contributed by atoms with van der Waals surface area (Å²) in [6.45, 7) is 15.8. The van der Waals surface area contributed by atoms with Crippen molar-refractivity contribution < 1.29 is 19.1 Å². The summed E-state index contributed by atoms with van der Waals surface area (Å²) in [5, 5.41) is 1.07. The predicted molar refractivity (Wildman–Crippen MR) is 197 cm³/mol. The van der Waals surface area contributed by atoms with Gasteiger partial charge < -0.3 is 14.4 Å². The SMILES string of the molecule is C=CCc1cc(C2C3=C(CC(C)(C)CC3=O)N(Cc3ccccc3)C3=C2C(=O)CC(C)(C)C3)cc(OCC)c1OCc1ccc(Cl)cc1Cl. The summed E-state index contributed by atoms with van der Waals surface area (Å²) >= 11 is 12.6. The molecule has 0 radical (unpaired) electrons. The fraction of sp³-hybridized carbons (Fsp3) is 0.381. The summed E-state index contributed by atoms with van der Waals surface area (Å²) in [5.41, 5.74) is 6.75. The molecule has 0 atom stereocenters. The highest BCUT2D eigenvalue weighted by molar-refractivity contribution is 6.35. The van der Waals surface area contributed by atoms with E-state index in [2.05, 4.69) is 57.4 Å². The molecule has 3 aromatic rings. The molecule has 5 nitrogen and oxygen atoms in total. The lowest BCUT2D eigenvalue weighted by Gasteiger charge is -2.49. The molecule has 49 heavy (non-hydrogen) atoms. The van der Waals surface area contributed by atoms with Gasteiger partial charge >= 0.3 is 0 Å². The van der Waals surface area contributed by atoms with E-state index in [-0.39, 0.29) is 29.0 Å². The fourth-order valence-corrected chi connectivity index (χ4v) is 8.17. The molecule has 0 saturated carbocycles. The summed E-state index contributed by atoms with van der Waals surface area (Å²) in [4.78, 5) is 31.2. The van der Waals surface area contributed by atoms with Gasteiger partial charge in [-0.25, -0.2) is 0 Å². The Morgan fingerprint density at radius 1 is 0.837 bits per heavy atom. The predicted octanol–water partition coefficient (Wildman–Crippen LogP) is 10.6. The molecule has 6 rings (SSSR count). The third-order valence-electron chi connectivity index (χ3n) is 9.74. The van der Waals surface area contributed by atoms with Crippen molar-refractivity contribution in [1.29, 1.82) is 0 Å². The Morgan fingerprint density at radius 2 is 1.47 bits per heavy atom. The van der Waals surface area contributed by atoms with Crippen molar-refractivity contribution >= 4 is 34.8 Å². The van der Waals surface area contributed by atoms with Gasteiger partial charge in [0.1, 0.15) is 6.61 Å². The maximum Gasteiger partial charge on any atom is 0.165 e. The maximum absolute atomic E-state index is 14.4. The molecule has 0 N–H and O–H groups in total. The number of carbonyl (C=O) groups is 2. The minimum absolute atomic E-state index is 0.0967. The van der Waals surface area contributed by atoms with Gasteiger partial charge in [-0.1, -0.05) is 99.4 Å². The highest BCUT2D eigenvalue weighted by atomic mass is 35.5. The first-order chi connectivity index (χ1) is 23.3. The maximum atomic E-state index is 14.4. The van der Waals surface area contributed by atoms with E-state index in [4.69, 9.17) is 32.7 Å². The van der Waals surface area contributed by atoms with Crippen LogP contribution in [-0.4, -0.2) is 23.1 Å². The monoisotopic (exact) mass is 697 g/mol. The summed E-state index contributed by atoms with van der Waals surface area (Å²) in [5.74, 6) is 0.837. The number of ether oxygens (including phenoxy) is 2. The number of rotatable bonds is 10. The van der Waals surface area contributed by atoms with E-state index >= 15 is 0 Å². The Labute approximate surface area is 300 Å². The Hall–Kier alpha value is -3.80. The van der Waals surface area contributed by atoms with E-state index in [1.54, 1.807) is 12.1 Å². The average Bonchev–Trinajstić information content (AvgIpc) is 3.01. The first-order valence-corrected chi connectivity index (χ1v) is 17.9. The topological polar surface area (TPSA) is 55.8 Å². The summed E-state index contributed by atoms with van der Waals surface area (Å²) in [6.07, 6.45) is 4.66. The van der Waals surface area contributed by atoms with Crippen molar-refractivity contribution in [3.8, 4) is 11.5 Å². The molecule has 0 bridgehead atoms. The van der Waals surface area contributed by atoms with Crippen molar-refractivity contribution in [1.82, 2.24) is 4.90 Å². The molecule has 3 aliphatic rings. The average molecular weight is 699 g/mol. The summed E-state index contributed by atoms with van der Waals surface area (Å²) in [6, 6.07) is 19.7. The van der Waals surface area contributed by atoms with Crippen LogP contribution in [0.25, 0.3) is 0 Å². The van der Waals surface area contributed by atoms with Gasteiger partial charge in [-0.15, -0.1) is 6.58 Å². The molecule has 0 unspecified atom stereocenters. The molecule has 1 heterocycles. The van der Waals surface area contributed by atoms with E-state index in [1.807, 2.05) is 43.3 Å². The molecule has 0 fully saturated rings. The third-order valence-corrected chi connectivity index (χ3v) is 10.3. The van der Waals surface area contributed by atoms with Crippen LogP contribution >= 0.6 is 23.2 Å². The minimum Gasteiger partial charge on any atom is -0.490 e. The highest BCUT2D eigenvalue weighted by Crippen LogP contribution is 2.55. The number of hydrogen-bond acceptors (Lipinski definition) is 5. The van der Waals surface area contributed by atoms with Crippen molar-refractivity contribution in [2.24, 2.45) is 10.8 Å². The highest BCUT2D eigenvalue weighted by Gasteiger charge is 2.49. The molecular formula is C42H45Cl2NO4. The lowest BCUT2D eigenvalue weighted by Crippen LogP contribution is -2.44. The number of Topliss-reactive ketones (excluding diaryl/α,β-unsaturated/α-hetero) is 2. The second kappa shape index (κ2) is 13.8. The van der Waals surface area contributed by atoms with Crippen LogP contribution in [-0.2, 0) is 29.2 Å². The van der Waals surface area contributed by atoms with Crippen molar-refractivity contribution in [2.45, 2.75) is 85.8 Å². The van der Waals surface area contributed by atoms with Crippen LogP contribution in [0, 0.1) is 10.8 Å². The zero-order chi connectivity index (χ0) is 35.1. The molecule has 2 aliphatic carbocycles. The standard InChI is InChI=1S/C42H45Cl2NO4/c1-7-12-27-17-29(18-36(48-8-2)40(27)49-25-28-15-16-30(43)19-31(28)44)37-38-32(20-41(3,4)22-34(38)46)45(24-26-13-10-9-11-14-26)33-21-42(5,6)23-35(47)39(33)37/h7,9-11,13-19,37H,1,8,12,20-25H2,2-6H3. The van der Waals surface area contributed by atoms with Gasteiger partial charge in [0.05, 0.1) is 6.61 Å². The molecule has 256 valence electrons. The lowest BCUT2D eigenvalue weighted by atomic mass is 9.63. The molecular weight excluding hydrogens is 653 g/mol. The van der Waals surface area contributed by atoms with Crippen LogP contribution in [0.2, 0.25) is 10.0 Å². The Morgan fingerprint density at radius 3 is 2.04 bits per heavy atom. The summed E-state index contributed by atoms with van der Waals surface area (Å²) < 4.78 is 12.7. The van der Waals surface area contributed by atoms with E-state index in [1.165, 1.54) is 0 Å². The van der Waals surface area contributed by atoms with E-state index < -0.39 is 5.92 Å². The van der Waals surface area contributed by atoms with Crippen LogP contribution in [0.5, 0.6) is 11.5 Å². The number of carbonyl (C=O) groups excluding carboxylic acids is 2. The molecule has 0 saturated heterocycles. The molecule has 0 aromatic heterocycles. The number of nitrogens with zero attached hydrogens (tertiary/aromatic N) is 1. The van der Waals surface area contributed by atoms with Gasteiger partial charge in [0.15, 0.2) is 23.1 Å². The smallest absolute Gasteiger partial charge is 0.165 e. The Kier molecular flexibility index (Phi) is 9.90. The van der Waals surface area contributed by atoms with Gasteiger partial charge in [-0.2, -0.15) is 0 Å².